The van der Waals surface area contributed by atoms with Gasteiger partial charge in [-0.25, -0.2) is 0 Å². The van der Waals surface area contributed by atoms with E-state index in [0.717, 1.165) is 0 Å². The molecule has 0 aromatic carbocycles. The number of hydrogen-bond donors (Lipinski definition) is 7. The number of aliphatic hydroxyl groups is 7. The van der Waals surface area contributed by atoms with Crippen LogP contribution in [0.4, 0.5) is 0 Å². The van der Waals surface area contributed by atoms with Crippen molar-refractivity contribution in [2.75, 3.05) is 47.5 Å². The first-order valence-corrected chi connectivity index (χ1v) is 11.6. The molecule has 0 bridgehead atoms. The number of quaternary nitrogens is 1. The maximum absolute atomic E-state index is 10.9. The lowest BCUT2D eigenvalue weighted by Crippen LogP contribution is -2.64. The highest BCUT2D eigenvalue weighted by atomic mass is 16.7. The first-order chi connectivity index (χ1) is 15.6. The summed E-state index contributed by atoms with van der Waals surface area (Å²) in [4.78, 5) is 0. The molecule has 202 valence electrons. The first-order valence-electron chi connectivity index (χ1n) is 11.6. The quantitative estimate of drug-likeness (QED) is 0.161. The summed E-state index contributed by atoms with van der Waals surface area (Å²) in [6, 6.07) is 0. The van der Waals surface area contributed by atoms with Crippen LogP contribution in [0.1, 0.15) is 20.8 Å². The molecule has 0 aliphatic carbocycles. The molecular formula is C22H44NO11+. The summed E-state index contributed by atoms with van der Waals surface area (Å²) in [5.41, 5.74) is -0.498. The number of aliphatic hydroxyl groups excluding tert-OH is 7. The number of ether oxygens (including phenoxy) is 4. The van der Waals surface area contributed by atoms with Gasteiger partial charge in [0.15, 0.2) is 12.6 Å². The zero-order chi connectivity index (χ0) is 26.0. The third-order valence-electron chi connectivity index (χ3n) is 6.19. The van der Waals surface area contributed by atoms with Gasteiger partial charge in [-0.3, -0.25) is 0 Å². The van der Waals surface area contributed by atoms with Gasteiger partial charge in [0.1, 0.15) is 43.2 Å². The van der Waals surface area contributed by atoms with E-state index < -0.39 is 79.4 Å². The molecule has 34 heavy (non-hydrogen) atoms. The molecule has 2 rings (SSSR count). The maximum Gasteiger partial charge on any atom is 0.187 e. The van der Waals surface area contributed by atoms with Crippen molar-refractivity contribution in [2.24, 2.45) is 11.3 Å². The SMILES string of the molecule is CC(C)(C)C1C(O)C(O)[C@H](OC2C(CO)OC(O)C(O)C2O)O[C@H]1COCC(O)C[N+](C)(C)C. The number of hydrogen-bond acceptors (Lipinski definition) is 11. The van der Waals surface area contributed by atoms with Gasteiger partial charge < -0.3 is 59.2 Å². The van der Waals surface area contributed by atoms with Crippen LogP contribution >= 0.6 is 0 Å². The monoisotopic (exact) mass is 498 g/mol. The normalized spacial score (nSPS) is 40.9. The second-order valence-corrected chi connectivity index (χ2v) is 11.4. The highest BCUT2D eigenvalue weighted by Gasteiger charge is 2.52. The summed E-state index contributed by atoms with van der Waals surface area (Å²) in [5.74, 6) is -0.563. The molecule has 0 amide bonds. The molecule has 2 heterocycles. The van der Waals surface area contributed by atoms with Gasteiger partial charge in [0.05, 0.1) is 53.2 Å². The average Bonchev–Trinajstić information content (AvgIpc) is 2.69. The minimum Gasteiger partial charge on any atom is -0.394 e. The summed E-state index contributed by atoms with van der Waals surface area (Å²) in [7, 11) is 5.84. The van der Waals surface area contributed by atoms with Gasteiger partial charge in [0.2, 0.25) is 0 Å². The van der Waals surface area contributed by atoms with Gasteiger partial charge in [-0.05, 0) is 5.41 Å². The van der Waals surface area contributed by atoms with Crippen LogP contribution in [0.5, 0.6) is 0 Å². The Bertz CT molecular complexity index is 623. The van der Waals surface area contributed by atoms with Gasteiger partial charge in [0, 0.05) is 5.92 Å². The largest absolute Gasteiger partial charge is 0.394 e. The lowest BCUT2D eigenvalue weighted by molar-refractivity contribution is -0.873. The predicted octanol–water partition coefficient (Wildman–Crippen LogP) is -3.00. The van der Waals surface area contributed by atoms with Crippen molar-refractivity contribution in [1.82, 2.24) is 0 Å². The van der Waals surface area contributed by atoms with Crippen LogP contribution in [0.3, 0.4) is 0 Å². The predicted molar refractivity (Wildman–Crippen MR) is 118 cm³/mol. The molecule has 2 fully saturated rings. The molecule has 2 aliphatic heterocycles. The maximum atomic E-state index is 10.9. The van der Waals surface area contributed by atoms with Gasteiger partial charge in [0.25, 0.3) is 0 Å². The Morgan fingerprint density at radius 3 is 2.03 bits per heavy atom. The first kappa shape index (κ1) is 29.7. The summed E-state index contributed by atoms with van der Waals surface area (Å²) in [5, 5.41) is 71.5. The van der Waals surface area contributed by atoms with Gasteiger partial charge in [-0.15, -0.1) is 0 Å². The lowest BCUT2D eigenvalue weighted by atomic mass is 9.71. The Hall–Kier alpha value is -0.480. The van der Waals surface area contributed by atoms with E-state index in [4.69, 9.17) is 18.9 Å². The van der Waals surface area contributed by atoms with Crippen molar-refractivity contribution in [1.29, 1.82) is 0 Å². The molecule has 0 radical (unpaired) electrons. The van der Waals surface area contributed by atoms with Crippen molar-refractivity contribution in [3.63, 3.8) is 0 Å². The van der Waals surface area contributed by atoms with E-state index in [9.17, 15) is 35.7 Å². The van der Waals surface area contributed by atoms with Gasteiger partial charge >= 0.3 is 0 Å². The topological polar surface area (TPSA) is 179 Å². The second kappa shape index (κ2) is 11.7. The average molecular weight is 499 g/mol. The second-order valence-electron chi connectivity index (χ2n) is 11.4. The van der Waals surface area contributed by atoms with Gasteiger partial charge in [-0.2, -0.15) is 0 Å². The molecule has 7 N–H and O–H groups in total. The van der Waals surface area contributed by atoms with Crippen molar-refractivity contribution in [2.45, 2.75) is 82.2 Å². The molecule has 0 saturated carbocycles. The van der Waals surface area contributed by atoms with Crippen LogP contribution in [-0.4, -0.2) is 149 Å². The van der Waals surface area contributed by atoms with E-state index in [0.29, 0.717) is 11.0 Å². The lowest BCUT2D eigenvalue weighted by Gasteiger charge is -2.49. The zero-order valence-corrected chi connectivity index (χ0v) is 20.9. The fourth-order valence-corrected chi connectivity index (χ4v) is 4.65. The highest BCUT2D eigenvalue weighted by molar-refractivity contribution is 4.97. The minimum atomic E-state index is -1.72. The molecule has 0 spiro atoms. The minimum absolute atomic E-state index is 0.00569. The Morgan fingerprint density at radius 2 is 1.50 bits per heavy atom. The van der Waals surface area contributed by atoms with Crippen LogP contribution in [-0.2, 0) is 18.9 Å². The van der Waals surface area contributed by atoms with Crippen LogP contribution < -0.4 is 0 Å². The molecule has 0 aromatic rings. The van der Waals surface area contributed by atoms with E-state index in [1.165, 1.54) is 0 Å². The highest BCUT2D eigenvalue weighted by Crippen LogP contribution is 2.40. The molecule has 9 unspecified atom stereocenters. The standard InChI is InChI=1S/C22H44NO11/c1-22(2,3)14-13(10-31-9-11(25)7-23(4,5)6)33-21(18(29)15(14)26)34-19-12(8-24)32-20(30)17(28)16(19)27/h11-21,24-30H,7-10H2,1-6H3/q+1/t11?,12?,13-,14?,15?,16?,17?,18?,19?,20?,21-/m0/s1. The fraction of sp³-hybridized carbons (Fsp3) is 1.00. The number of likely N-dealkylation sites (N-methyl/N-ethyl adjacent to an activating group) is 1. The summed E-state index contributed by atoms with van der Waals surface area (Å²) < 4.78 is 23.0. The molecule has 2 aliphatic rings. The summed E-state index contributed by atoms with van der Waals surface area (Å²) in [6.07, 6.45) is -13.3. The number of nitrogens with zero attached hydrogens (tertiary/aromatic N) is 1. The van der Waals surface area contributed by atoms with Gasteiger partial charge in [-0.1, -0.05) is 20.8 Å². The third-order valence-corrected chi connectivity index (χ3v) is 6.19. The Morgan fingerprint density at radius 1 is 0.882 bits per heavy atom. The van der Waals surface area contributed by atoms with Crippen molar-refractivity contribution in [3.05, 3.63) is 0 Å². The van der Waals surface area contributed by atoms with Crippen molar-refractivity contribution in [3.8, 4) is 0 Å². The molecule has 12 nitrogen and oxygen atoms in total. The van der Waals surface area contributed by atoms with E-state index in [2.05, 4.69) is 0 Å². The summed E-state index contributed by atoms with van der Waals surface area (Å²) in [6.45, 7) is 5.52. The van der Waals surface area contributed by atoms with E-state index >= 15 is 0 Å². The van der Waals surface area contributed by atoms with Crippen molar-refractivity contribution < 1.29 is 59.2 Å². The zero-order valence-electron chi connectivity index (χ0n) is 20.9. The van der Waals surface area contributed by atoms with E-state index in [1.54, 1.807) is 0 Å². The van der Waals surface area contributed by atoms with Crippen LogP contribution in [0.25, 0.3) is 0 Å². The molecule has 12 heteroatoms. The Kier molecular flexibility index (Phi) is 10.2. The summed E-state index contributed by atoms with van der Waals surface area (Å²) >= 11 is 0. The van der Waals surface area contributed by atoms with Crippen LogP contribution in [0, 0.1) is 11.3 Å². The van der Waals surface area contributed by atoms with Crippen molar-refractivity contribution >= 4 is 0 Å². The van der Waals surface area contributed by atoms with E-state index in [-0.39, 0.29) is 13.2 Å². The molecule has 0 aromatic heterocycles. The smallest absolute Gasteiger partial charge is 0.187 e. The number of rotatable bonds is 9. The van der Waals surface area contributed by atoms with Crippen LogP contribution in [0.2, 0.25) is 0 Å². The molecule has 2 saturated heterocycles. The fourth-order valence-electron chi connectivity index (χ4n) is 4.65. The Balaban J connectivity index is 2.14. The third kappa shape index (κ3) is 7.51. The Labute approximate surface area is 200 Å². The van der Waals surface area contributed by atoms with E-state index in [1.807, 2.05) is 41.9 Å². The molecular weight excluding hydrogens is 454 g/mol. The molecule has 11 atom stereocenters. The van der Waals surface area contributed by atoms with Crippen LogP contribution in [0.15, 0.2) is 0 Å².